The number of aryl methyl sites for hydroxylation is 1. The van der Waals surface area contributed by atoms with Gasteiger partial charge in [0.05, 0.1) is 5.69 Å². The summed E-state index contributed by atoms with van der Waals surface area (Å²) in [6.45, 7) is 0.954. The van der Waals surface area contributed by atoms with Crippen LogP contribution < -0.4 is 22.3 Å². The molecule has 4 N–H and O–H groups in total. The highest BCUT2D eigenvalue weighted by molar-refractivity contribution is 5.75. The van der Waals surface area contributed by atoms with Gasteiger partial charge in [0, 0.05) is 20.1 Å². The molecule has 2 heterocycles. The van der Waals surface area contributed by atoms with Gasteiger partial charge in [-0.05, 0) is 12.1 Å². The predicted octanol–water partition coefficient (Wildman–Crippen LogP) is -0.217. The van der Waals surface area contributed by atoms with E-state index in [-0.39, 0.29) is 0 Å². The van der Waals surface area contributed by atoms with Crippen molar-refractivity contribution in [2.24, 2.45) is 12.8 Å². The number of para-hydroxylation sites is 1. The first-order chi connectivity index (χ1) is 10.6. The van der Waals surface area contributed by atoms with E-state index in [1.807, 2.05) is 18.2 Å². The number of nitrogens with zero attached hydrogens (tertiary/aromatic N) is 3. The Morgan fingerprint density at radius 2 is 2.00 bits per heavy atom. The molecule has 0 aliphatic rings. The van der Waals surface area contributed by atoms with Gasteiger partial charge < -0.3 is 15.6 Å². The highest BCUT2D eigenvalue weighted by atomic mass is 16.2. The largest absolute Gasteiger partial charge is 0.354 e. The summed E-state index contributed by atoms with van der Waals surface area (Å²) in [6.07, 6.45) is 0. The lowest BCUT2D eigenvalue weighted by Crippen LogP contribution is -2.29. The molecule has 0 saturated carbocycles. The molecule has 3 aromatic rings. The topological polar surface area (TPSA) is 111 Å². The summed E-state index contributed by atoms with van der Waals surface area (Å²) in [5, 5.41) is 3.04. The van der Waals surface area contributed by atoms with E-state index in [4.69, 9.17) is 5.73 Å². The third-order valence-electron chi connectivity index (χ3n) is 3.37. The molecule has 0 fully saturated rings. The fraction of sp³-hybridized carbons (Fsp3) is 0.214. The summed E-state index contributed by atoms with van der Waals surface area (Å²) in [5.74, 6) is 0.487. The van der Waals surface area contributed by atoms with Gasteiger partial charge in [0.25, 0.3) is 5.56 Å². The van der Waals surface area contributed by atoms with Crippen LogP contribution in [0.2, 0.25) is 0 Å². The number of aromatic amines is 1. The van der Waals surface area contributed by atoms with Gasteiger partial charge in [0.2, 0.25) is 5.95 Å². The molecule has 0 radical (unpaired) electrons. The van der Waals surface area contributed by atoms with Gasteiger partial charge in [-0.1, -0.05) is 18.2 Å². The van der Waals surface area contributed by atoms with Crippen LogP contribution >= 0.6 is 0 Å². The minimum absolute atomic E-state index is 0.307. The van der Waals surface area contributed by atoms with Crippen molar-refractivity contribution in [1.82, 2.24) is 19.1 Å². The van der Waals surface area contributed by atoms with Gasteiger partial charge in [0.15, 0.2) is 11.2 Å². The third-order valence-corrected chi connectivity index (χ3v) is 3.37. The molecule has 0 aliphatic carbocycles. The Balaban J connectivity index is 2.33. The number of H-pyrrole nitrogens is 1. The van der Waals surface area contributed by atoms with Gasteiger partial charge >= 0.3 is 5.69 Å². The number of rotatable bonds is 4. The summed E-state index contributed by atoms with van der Waals surface area (Å²) in [5.41, 5.74) is 5.75. The van der Waals surface area contributed by atoms with Gasteiger partial charge in [-0.15, -0.1) is 0 Å². The monoisotopic (exact) mass is 300 g/mol. The SMILES string of the molecule is Cn1c(NCCN)nc2c1c(=O)[nH]c(=O)n2-c1ccccc1. The number of benzene rings is 1. The van der Waals surface area contributed by atoms with Crippen molar-refractivity contribution >= 4 is 17.1 Å². The number of aromatic nitrogens is 4. The fourth-order valence-corrected chi connectivity index (χ4v) is 2.36. The maximum absolute atomic E-state index is 12.2. The van der Waals surface area contributed by atoms with Gasteiger partial charge in [-0.25, -0.2) is 9.36 Å². The Labute approximate surface area is 125 Å². The quantitative estimate of drug-likeness (QED) is 0.617. The van der Waals surface area contributed by atoms with E-state index in [1.165, 1.54) is 4.57 Å². The van der Waals surface area contributed by atoms with E-state index < -0.39 is 11.2 Å². The van der Waals surface area contributed by atoms with Crippen molar-refractivity contribution in [2.45, 2.75) is 0 Å². The molecule has 1 aromatic carbocycles. The molecule has 8 nitrogen and oxygen atoms in total. The van der Waals surface area contributed by atoms with E-state index >= 15 is 0 Å². The summed E-state index contributed by atoms with van der Waals surface area (Å²) in [7, 11) is 1.71. The summed E-state index contributed by atoms with van der Waals surface area (Å²) in [4.78, 5) is 31.0. The molecule has 114 valence electrons. The Morgan fingerprint density at radius 3 is 2.68 bits per heavy atom. The lowest BCUT2D eigenvalue weighted by atomic mass is 10.3. The lowest BCUT2D eigenvalue weighted by molar-refractivity contribution is 0.901. The van der Waals surface area contributed by atoms with Crippen LogP contribution in [-0.2, 0) is 7.05 Å². The number of hydrogen-bond acceptors (Lipinski definition) is 5. The molecule has 3 rings (SSSR count). The summed E-state index contributed by atoms with van der Waals surface area (Å²) < 4.78 is 2.99. The van der Waals surface area contributed by atoms with Crippen molar-refractivity contribution in [2.75, 3.05) is 18.4 Å². The van der Waals surface area contributed by atoms with Gasteiger partial charge in [0.1, 0.15) is 0 Å². The molecule has 0 spiro atoms. The average Bonchev–Trinajstić information content (AvgIpc) is 2.83. The zero-order chi connectivity index (χ0) is 15.7. The number of hydrogen-bond donors (Lipinski definition) is 3. The van der Waals surface area contributed by atoms with Crippen LogP contribution in [0, 0.1) is 0 Å². The van der Waals surface area contributed by atoms with Crippen LogP contribution in [0.3, 0.4) is 0 Å². The van der Waals surface area contributed by atoms with Crippen LogP contribution in [0.5, 0.6) is 0 Å². The van der Waals surface area contributed by atoms with E-state index in [0.717, 1.165) is 0 Å². The van der Waals surface area contributed by atoms with E-state index in [2.05, 4.69) is 15.3 Å². The molecule has 0 amide bonds. The second-order valence-electron chi connectivity index (χ2n) is 4.81. The van der Waals surface area contributed by atoms with Gasteiger partial charge in [-0.3, -0.25) is 9.78 Å². The van der Waals surface area contributed by atoms with Crippen LogP contribution in [0.1, 0.15) is 0 Å². The van der Waals surface area contributed by atoms with Crippen molar-refractivity contribution in [1.29, 1.82) is 0 Å². The molecule has 0 aliphatic heterocycles. The minimum atomic E-state index is -0.521. The number of anilines is 1. The smallest absolute Gasteiger partial charge is 0.334 e. The average molecular weight is 300 g/mol. The molecule has 22 heavy (non-hydrogen) atoms. The molecule has 2 aromatic heterocycles. The van der Waals surface area contributed by atoms with E-state index in [0.29, 0.717) is 35.9 Å². The molecule has 0 bridgehead atoms. The first kappa shape index (κ1) is 14.1. The van der Waals surface area contributed by atoms with E-state index in [1.54, 1.807) is 23.7 Å². The Hall–Kier alpha value is -2.87. The van der Waals surface area contributed by atoms with Crippen molar-refractivity contribution < 1.29 is 0 Å². The Bertz CT molecular complexity index is 922. The maximum Gasteiger partial charge on any atom is 0.334 e. The maximum atomic E-state index is 12.2. The summed E-state index contributed by atoms with van der Waals surface area (Å²) >= 11 is 0. The van der Waals surface area contributed by atoms with Crippen LogP contribution in [0.25, 0.3) is 16.9 Å². The lowest BCUT2D eigenvalue weighted by Gasteiger charge is -2.05. The normalized spacial score (nSPS) is 11.0. The van der Waals surface area contributed by atoms with Crippen LogP contribution in [0.15, 0.2) is 39.9 Å². The Morgan fingerprint density at radius 1 is 1.27 bits per heavy atom. The number of imidazole rings is 1. The predicted molar refractivity (Wildman–Crippen MR) is 84.5 cm³/mol. The molecule has 8 heteroatoms. The molecule has 0 unspecified atom stereocenters. The number of fused-ring (bicyclic) bond motifs is 1. The zero-order valence-corrected chi connectivity index (χ0v) is 12.0. The molecule has 0 atom stereocenters. The highest BCUT2D eigenvalue weighted by Crippen LogP contribution is 2.16. The molecular formula is C14H16N6O2. The van der Waals surface area contributed by atoms with Crippen molar-refractivity contribution in [3.63, 3.8) is 0 Å². The van der Waals surface area contributed by atoms with Crippen molar-refractivity contribution in [3.8, 4) is 5.69 Å². The van der Waals surface area contributed by atoms with Crippen LogP contribution in [0.4, 0.5) is 5.95 Å². The summed E-state index contributed by atoms with van der Waals surface area (Å²) in [6, 6.07) is 9.04. The Kier molecular flexibility index (Phi) is 3.51. The fourth-order valence-electron chi connectivity index (χ4n) is 2.36. The van der Waals surface area contributed by atoms with E-state index in [9.17, 15) is 9.59 Å². The standard InChI is InChI=1S/C14H16N6O2/c1-19-10-11(17-13(19)16-8-7-15)20(14(22)18-12(10)21)9-5-3-2-4-6-9/h2-6H,7-8,15H2,1H3,(H,16,17)(H,18,21,22). The third kappa shape index (κ3) is 2.19. The van der Waals surface area contributed by atoms with Gasteiger partial charge in [-0.2, -0.15) is 4.98 Å². The van der Waals surface area contributed by atoms with Crippen LogP contribution in [-0.4, -0.2) is 32.2 Å². The first-order valence-corrected chi connectivity index (χ1v) is 6.84. The molecular weight excluding hydrogens is 284 g/mol. The minimum Gasteiger partial charge on any atom is -0.354 e. The number of nitrogens with two attached hydrogens (primary N) is 1. The highest BCUT2D eigenvalue weighted by Gasteiger charge is 2.17. The first-order valence-electron chi connectivity index (χ1n) is 6.84. The second-order valence-corrected chi connectivity index (χ2v) is 4.81. The molecule has 0 saturated heterocycles. The second kappa shape index (κ2) is 5.49. The van der Waals surface area contributed by atoms with Crippen molar-refractivity contribution in [3.05, 3.63) is 51.2 Å². The number of nitrogens with one attached hydrogen (secondary N) is 2. The zero-order valence-electron chi connectivity index (χ0n) is 12.0.